The van der Waals surface area contributed by atoms with Crippen molar-refractivity contribution < 1.29 is 0 Å². The molecule has 0 spiro atoms. The standard InChI is InChI=1S/C24H23N/c1-18-11-13-21(14-12-18)17-24-19(2)22(16-20-8-4-3-5-9-20)23-10-6-7-15-25(23)24/h3-15H,16-17H2,1-2H3. The van der Waals surface area contributed by atoms with Crippen LogP contribution in [0.3, 0.4) is 0 Å². The lowest BCUT2D eigenvalue weighted by Gasteiger charge is -2.05. The molecule has 0 amide bonds. The van der Waals surface area contributed by atoms with Gasteiger partial charge in [0.1, 0.15) is 0 Å². The molecular weight excluding hydrogens is 302 g/mol. The smallest absolute Gasteiger partial charge is 0.0491 e. The number of pyridine rings is 1. The Hall–Kier alpha value is -2.80. The zero-order chi connectivity index (χ0) is 17.2. The third-order valence-electron chi connectivity index (χ3n) is 5.06. The molecule has 0 radical (unpaired) electrons. The molecule has 0 aliphatic heterocycles. The molecule has 0 atom stereocenters. The lowest BCUT2D eigenvalue weighted by atomic mass is 9.99. The van der Waals surface area contributed by atoms with E-state index >= 15 is 0 Å². The minimum atomic E-state index is 0.964. The molecule has 25 heavy (non-hydrogen) atoms. The highest BCUT2D eigenvalue weighted by Crippen LogP contribution is 2.27. The lowest BCUT2D eigenvalue weighted by Crippen LogP contribution is -1.96. The molecule has 0 N–H and O–H groups in total. The number of fused-ring (bicyclic) bond motifs is 1. The third-order valence-corrected chi connectivity index (χ3v) is 5.06. The summed E-state index contributed by atoms with van der Waals surface area (Å²) in [5.74, 6) is 0. The maximum atomic E-state index is 2.37. The van der Waals surface area contributed by atoms with Crippen molar-refractivity contribution in [3.8, 4) is 0 Å². The molecule has 0 aliphatic rings. The van der Waals surface area contributed by atoms with Crippen molar-refractivity contribution in [2.45, 2.75) is 26.7 Å². The van der Waals surface area contributed by atoms with Gasteiger partial charge in [-0.05, 0) is 54.7 Å². The first-order chi connectivity index (χ1) is 12.2. The highest BCUT2D eigenvalue weighted by atomic mass is 14.9. The number of nitrogens with zero attached hydrogens (tertiary/aromatic N) is 1. The fourth-order valence-corrected chi connectivity index (χ4v) is 3.61. The lowest BCUT2D eigenvalue weighted by molar-refractivity contribution is 1.01. The second kappa shape index (κ2) is 6.60. The molecule has 0 saturated carbocycles. The molecule has 1 nitrogen and oxygen atoms in total. The molecule has 0 saturated heterocycles. The average molecular weight is 325 g/mol. The highest BCUT2D eigenvalue weighted by Gasteiger charge is 2.15. The van der Waals surface area contributed by atoms with Crippen LogP contribution in [0.2, 0.25) is 0 Å². The Bertz CT molecular complexity index is 992. The van der Waals surface area contributed by atoms with E-state index in [2.05, 4.69) is 97.2 Å². The van der Waals surface area contributed by atoms with Crippen LogP contribution in [0.4, 0.5) is 0 Å². The van der Waals surface area contributed by atoms with E-state index in [1.807, 2.05) is 0 Å². The summed E-state index contributed by atoms with van der Waals surface area (Å²) in [5, 5.41) is 0. The van der Waals surface area contributed by atoms with Crippen molar-refractivity contribution in [3.05, 3.63) is 113 Å². The highest BCUT2D eigenvalue weighted by molar-refractivity contribution is 5.63. The monoisotopic (exact) mass is 325 g/mol. The van der Waals surface area contributed by atoms with Gasteiger partial charge in [0.05, 0.1) is 0 Å². The van der Waals surface area contributed by atoms with E-state index in [1.165, 1.54) is 39.0 Å². The first-order valence-electron chi connectivity index (χ1n) is 8.89. The molecule has 0 aliphatic carbocycles. The molecule has 2 aromatic heterocycles. The van der Waals surface area contributed by atoms with Gasteiger partial charge in [-0.1, -0.05) is 66.2 Å². The summed E-state index contributed by atoms with van der Waals surface area (Å²) < 4.78 is 2.37. The summed E-state index contributed by atoms with van der Waals surface area (Å²) in [6.45, 7) is 4.41. The predicted molar refractivity (Wildman–Crippen MR) is 105 cm³/mol. The Balaban J connectivity index is 1.79. The molecule has 4 rings (SSSR count). The Morgan fingerprint density at radius 3 is 2.12 bits per heavy atom. The van der Waals surface area contributed by atoms with Crippen molar-refractivity contribution in [2.75, 3.05) is 0 Å². The van der Waals surface area contributed by atoms with Crippen LogP contribution in [0.1, 0.15) is 33.5 Å². The van der Waals surface area contributed by atoms with Gasteiger partial charge in [0.25, 0.3) is 0 Å². The second-order valence-corrected chi connectivity index (χ2v) is 6.83. The van der Waals surface area contributed by atoms with Crippen molar-refractivity contribution >= 4 is 5.52 Å². The minimum Gasteiger partial charge on any atom is -0.320 e. The summed E-state index contributed by atoms with van der Waals surface area (Å²) >= 11 is 0. The van der Waals surface area contributed by atoms with Crippen molar-refractivity contribution in [3.63, 3.8) is 0 Å². The maximum Gasteiger partial charge on any atom is 0.0491 e. The Morgan fingerprint density at radius 1 is 0.680 bits per heavy atom. The van der Waals surface area contributed by atoms with Gasteiger partial charge in [0, 0.05) is 23.8 Å². The number of rotatable bonds is 4. The number of aryl methyl sites for hydroxylation is 1. The molecule has 0 bridgehead atoms. The van der Waals surface area contributed by atoms with E-state index in [-0.39, 0.29) is 0 Å². The number of hydrogen-bond donors (Lipinski definition) is 0. The van der Waals surface area contributed by atoms with Crippen molar-refractivity contribution in [1.82, 2.24) is 4.40 Å². The Kier molecular flexibility index (Phi) is 4.15. The van der Waals surface area contributed by atoms with Gasteiger partial charge < -0.3 is 4.40 Å². The first-order valence-corrected chi connectivity index (χ1v) is 8.89. The largest absolute Gasteiger partial charge is 0.320 e. The summed E-state index contributed by atoms with van der Waals surface area (Å²) in [5.41, 5.74) is 9.61. The summed E-state index contributed by atoms with van der Waals surface area (Å²) in [6, 6.07) is 26.1. The van der Waals surface area contributed by atoms with Crippen LogP contribution >= 0.6 is 0 Å². The van der Waals surface area contributed by atoms with Crippen LogP contribution in [0.5, 0.6) is 0 Å². The molecule has 124 valence electrons. The Morgan fingerprint density at radius 2 is 1.36 bits per heavy atom. The van der Waals surface area contributed by atoms with Gasteiger partial charge in [0.15, 0.2) is 0 Å². The van der Waals surface area contributed by atoms with Gasteiger partial charge in [-0.2, -0.15) is 0 Å². The summed E-state index contributed by atoms with van der Waals surface area (Å²) in [7, 11) is 0. The summed E-state index contributed by atoms with van der Waals surface area (Å²) in [4.78, 5) is 0. The van der Waals surface area contributed by atoms with E-state index in [1.54, 1.807) is 0 Å². The van der Waals surface area contributed by atoms with Crippen molar-refractivity contribution in [1.29, 1.82) is 0 Å². The van der Waals surface area contributed by atoms with Crippen LogP contribution in [0, 0.1) is 13.8 Å². The second-order valence-electron chi connectivity index (χ2n) is 6.83. The fraction of sp³-hybridized carbons (Fsp3) is 0.167. The van der Waals surface area contributed by atoms with Gasteiger partial charge in [-0.15, -0.1) is 0 Å². The van der Waals surface area contributed by atoms with Gasteiger partial charge in [-0.25, -0.2) is 0 Å². The molecule has 4 aromatic rings. The predicted octanol–water partition coefficient (Wildman–Crippen LogP) is 5.74. The minimum absolute atomic E-state index is 0.964. The van der Waals surface area contributed by atoms with Gasteiger partial charge >= 0.3 is 0 Å². The molecular formula is C24H23N. The zero-order valence-electron chi connectivity index (χ0n) is 14.9. The van der Waals surface area contributed by atoms with E-state index in [0.29, 0.717) is 0 Å². The van der Waals surface area contributed by atoms with Crippen LogP contribution in [-0.2, 0) is 12.8 Å². The molecule has 1 heteroatoms. The van der Waals surface area contributed by atoms with Crippen LogP contribution < -0.4 is 0 Å². The topological polar surface area (TPSA) is 4.41 Å². The Labute approximate surface area is 149 Å². The number of aromatic nitrogens is 1. The molecule has 0 unspecified atom stereocenters. The molecule has 0 fully saturated rings. The van der Waals surface area contributed by atoms with E-state index in [9.17, 15) is 0 Å². The van der Waals surface area contributed by atoms with Crippen LogP contribution in [-0.4, -0.2) is 4.40 Å². The van der Waals surface area contributed by atoms with E-state index in [0.717, 1.165) is 12.8 Å². The quantitative estimate of drug-likeness (QED) is 0.451. The number of hydrogen-bond acceptors (Lipinski definition) is 0. The summed E-state index contributed by atoms with van der Waals surface area (Å²) in [6.07, 6.45) is 4.14. The third kappa shape index (κ3) is 3.10. The number of benzene rings is 2. The van der Waals surface area contributed by atoms with E-state index < -0.39 is 0 Å². The average Bonchev–Trinajstić information content (AvgIpc) is 2.90. The van der Waals surface area contributed by atoms with Crippen LogP contribution in [0.15, 0.2) is 79.0 Å². The maximum absolute atomic E-state index is 2.37. The van der Waals surface area contributed by atoms with Crippen LogP contribution in [0.25, 0.3) is 5.52 Å². The van der Waals surface area contributed by atoms with Crippen molar-refractivity contribution in [2.24, 2.45) is 0 Å². The molecule has 2 heterocycles. The van der Waals surface area contributed by atoms with Gasteiger partial charge in [-0.3, -0.25) is 0 Å². The zero-order valence-corrected chi connectivity index (χ0v) is 14.9. The normalized spacial score (nSPS) is 11.1. The van der Waals surface area contributed by atoms with E-state index in [4.69, 9.17) is 0 Å². The first kappa shape index (κ1) is 15.7. The fourth-order valence-electron chi connectivity index (χ4n) is 3.61. The molecule has 2 aromatic carbocycles. The van der Waals surface area contributed by atoms with Gasteiger partial charge in [0.2, 0.25) is 0 Å². The SMILES string of the molecule is Cc1ccc(Cc2c(C)c(Cc3ccccc3)c3ccccn23)cc1.